The van der Waals surface area contributed by atoms with Crippen LogP contribution in [-0.2, 0) is 0 Å². The van der Waals surface area contributed by atoms with E-state index in [2.05, 4.69) is 44.0 Å². The summed E-state index contributed by atoms with van der Waals surface area (Å²) in [5.74, 6) is 0.343. The molecule has 1 saturated heterocycles. The molecule has 1 unspecified atom stereocenters. The second kappa shape index (κ2) is 7.93. The number of hydrogen-bond donors (Lipinski definition) is 2. The molecule has 3 heteroatoms. The predicted octanol–water partition coefficient (Wildman–Crippen LogP) is 2.02. The molecule has 1 heterocycles. The van der Waals surface area contributed by atoms with E-state index in [1.165, 1.54) is 31.5 Å². The zero-order chi connectivity index (χ0) is 13.5. The van der Waals surface area contributed by atoms with Crippen LogP contribution in [0.15, 0.2) is 11.6 Å². The van der Waals surface area contributed by atoms with Crippen molar-refractivity contribution in [3.05, 3.63) is 11.6 Å². The van der Waals surface area contributed by atoms with Gasteiger partial charge < -0.3 is 10.4 Å². The lowest BCUT2D eigenvalue weighted by molar-refractivity contribution is 0.113. The molecule has 1 aliphatic heterocycles. The van der Waals surface area contributed by atoms with E-state index in [0.717, 1.165) is 13.1 Å². The summed E-state index contributed by atoms with van der Waals surface area (Å²) >= 11 is 0. The minimum atomic E-state index is -0.214. The molecule has 0 saturated carbocycles. The number of hydrogen-bond acceptors (Lipinski definition) is 3. The van der Waals surface area contributed by atoms with Crippen molar-refractivity contribution < 1.29 is 5.11 Å². The minimum Gasteiger partial charge on any atom is -0.392 e. The fourth-order valence-electron chi connectivity index (χ4n) is 2.15. The molecule has 0 radical (unpaired) electrons. The molecule has 1 fully saturated rings. The van der Waals surface area contributed by atoms with E-state index in [4.69, 9.17) is 0 Å². The van der Waals surface area contributed by atoms with E-state index in [1.807, 2.05) is 0 Å². The van der Waals surface area contributed by atoms with Crippen LogP contribution in [0.5, 0.6) is 0 Å². The number of rotatable bonds is 6. The van der Waals surface area contributed by atoms with Crippen molar-refractivity contribution in [2.24, 2.45) is 5.92 Å². The van der Waals surface area contributed by atoms with E-state index >= 15 is 0 Å². The maximum atomic E-state index is 9.77. The van der Waals surface area contributed by atoms with Crippen molar-refractivity contribution >= 4 is 0 Å². The third-order valence-corrected chi connectivity index (χ3v) is 3.73. The Morgan fingerprint density at radius 2 is 1.94 bits per heavy atom. The van der Waals surface area contributed by atoms with E-state index in [0.29, 0.717) is 12.0 Å². The highest BCUT2D eigenvalue weighted by Crippen LogP contribution is 2.11. The summed E-state index contributed by atoms with van der Waals surface area (Å²) in [4.78, 5) is 2.50. The Morgan fingerprint density at radius 3 is 2.44 bits per heavy atom. The topological polar surface area (TPSA) is 35.5 Å². The van der Waals surface area contributed by atoms with Gasteiger partial charge in [0, 0.05) is 19.1 Å². The summed E-state index contributed by atoms with van der Waals surface area (Å²) in [5, 5.41) is 13.3. The van der Waals surface area contributed by atoms with Crippen LogP contribution in [0.2, 0.25) is 0 Å². The molecule has 1 aliphatic rings. The molecule has 2 N–H and O–H groups in total. The van der Waals surface area contributed by atoms with Crippen LogP contribution >= 0.6 is 0 Å². The Kier molecular flexibility index (Phi) is 6.90. The SMILES string of the molecule is CC(C)=CCN1CCC(NCC(O)C(C)C)CC1. The van der Waals surface area contributed by atoms with E-state index in [-0.39, 0.29) is 6.10 Å². The maximum Gasteiger partial charge on any atom is 0.0687 e. The van der Waals surface area contributed by atoms with Gasteiger partial charge in [-0.1, -0.05) is 25.5 Å². The van der Waals surface area contributed by atoms with E-state index in [1.54, 1.807) is 0 Å². The second-order valence-corrected chi connectivity index (χ2v) is 6.08. The van der Waals surface area contributed by atoms with Gasteiger partial charge in [-0.15, -0.1) is 0 Å². The van der Waals surface area contributed by atoms with Crippen molar-refractivity contribution in [2.45, 2.75) is 52.7 Å². The zero-order valence-electron chi connectivity index (χ0n) is 12.4. The van der Waals surface area contributed by atoms with Gasteiger partial charge in [0.2, 0.25) is 0 Å². The molecule has 0 bridgehead atoms. The van der Waals surface area contributed by atoms with Gasteiger partial charge in [-0.05, 0) is 45.7 Å². The largest absolute Gasteiger partial charge is 0.392 e. The molecular formula is C15H30N2O. The van der Waals surface area contributed by atoms with Gasteiger partial charge in [0.05, 0.1) is 6.10 Å². The number of nitrogens with zero attached hydrogens (tertiary/aromatic N) is 1. The monoisotopic (exact) mass is 254 g/mol. The fourth-order valence-corrected chi connectivity index (χ4v) is 2.15. The number of piperidine rings is 1. The van der Waals surface area contributed by atoms with Crippen molar-refractivity contribution in [2.75, 3.05) is 26.2 Å². The van der Waals surface area contributed by atoms with Crippen LogP contribution in [0.1, 0.15) is 40.5 Å². The molecule has 18 heavy (non-hydrogen) atoms. The summed E-state index contributed by atoms with van der Waals surface area (Å²) in [6.07, 6.45) is 4.48. The first kappa shape index (κ1) is 15.7. The summed E-state index contributed by atoms with van der Waals surface area (Å²) < 4.78 is 0. The third kappa shape index (κ3) is 5.98. The van der Waals surface area contributed by atoms with Gasteiger partial charge in [-0.25, -0.2) is 0 Å². The number of aliphatic hydroxyl groups is 1. The van der Waals surface area contributed by atoms with Gasteiger partial charge in [0.15, 0.2) is 0 Å². The molecule has 1 rings (SSSR count). The zero-order valence-corrected chi connectivity index (χ0v) is 12.4. The van der Waals surface area contributed by atoms with Gasteiger partial charge in [0.25, 0.3) is 0 Å². The normalized spacial score (nSPS) is 20.1. The van der Waals surface area contributed by atoms with Crippen molar-refractivity contribution in [3.63, 3.8) is 0 Å². The highest BCUT2D eigenvalue weighted by Gasteiger charge is 2.19. The molecule has 0 amide bonds. The molecule has 0 aromatic heterocycles. The molecule has 0 aromatic rings. The molecule has 1 atom stereocenters. The first-order valence-electron chi connectivity index (χ1n) is 7.26. The summed E-state index contributed by atoms with van der Waals surface area (Å²) in [6, 6.07) is 0.585. The van der Waals surface area contributed by atoms with E-state index < -0.39 is 0 Å². The molecule has 0 aliphatic carbocycles. The molecule has 3 nitrogen and oxygen atoms in total. The van der Waals surface area contributed by atoms with Crippen LogP contribution in [0.25, 0.3) is 0 Å². The molecule has 0 spiro atoms. The Balaban J connectivity index is 2.17. The molecule has 0 aromatic carbocycles. The highest BCUT2D eigenvalue weighted by molar-refractivity contribution is 4.95. The Morgan fingerprint density at radius 1 is 1.33 bits per heavy atom. The van der Waals surface area contributed by atoms with Crippen LogP contribution in [0, 0.1) is 5.92 Å². The predicted molar refractivity (Wildman–Crippen MR) is 77.7 cm³/mol. The van der Waals surface area contributed by atoms with Crippen LogP contribution in [0.4, 0.5) is 0 Å². The lowest BCUT2D eigenvalue weighted by Gasteiger charge is -2.32. The third-order valence-electron chi connectivity index (χ3n) is 3.73. The number of nitrogens with one attached hydrogen (secondary N) is 1. The van der Waals surface area contributed by atoms with Crippen LogP contribution in [-0.4, -0.2) is 48.3 Å². The van der Waals surface area contributed by atoms with Crippen molar-refractivity contribution in [1.29, 1.82) is 0 Å². The van der Waals surface area contributed by atoms with Crippen molar-refractivity contribution in [1.82, 2.24) is 10.2 Å². The average molecular weight is 254 g/mol. The lowest BCUT2D eigenvalue weighted by Crippen LogP contribution is -2.45. The van der Waals surface area contributed by atoms with Gasteiger partial charge >= 0.3 is 0 Å². The number of allylic oxidation sites excluding steroid dienone is 1. The smallest absolute Gasteiger partial charge is 0.0687 e. The molecule has 106 valence electrons. The standard InChI is InChI=1S/C15H30N2O/c1-12(2)5-8-17-9-6-14(7-10-17)16-11-15(18)13(3)4/h5,13-16,18H,6-11H2,1-4H3. The van der Waals surface area contributed by atoms with Gasteiger partial charge in [0.1, 0.15) is 0 Å². The Bertz CT molecular complexity index is 251. The lowest BCUT2D eigenvalue weighted by atomic mass is 10.0. The maximum absolute atomic E-state index is 9.77. The number of likely N-dealkylation sites (tertiary alicyclic amines) is 1. The summed E-state index contributed by atoms with van der Waals surface area (Å²) in [5.41, 5.74) is 1.40. The Labute approximate surface area is 112 Å². The minimum absolute atomic E-state index is 0.214. The first-order chi connectivity index (χ1) is 8.49. The molecular weight excluding hydrogens is 224 g/mol. The van der Waals surface area contributed by atoms with E-state index in [9.17, 15) is 5.11 Å². The number of aliphatic hydroxyl groups excluding tert-OH is 1. The highest BCUT2D eigenvalue weighted by atomic mass is 16.3. The first-order valence-corrected chi connectivity index (χ1v) is 7.26. The van der Waals surface area contributed by atoms with Gasteiger partial charge in [-0.2, -0.15) is 0 Å². The Hall–Kier alpha value is -0.380. The average Bonchev–Trinajstić information content (AvgIpc) is 2.34. The summed E-state index contributed by atoms with van der Waals surface area (Å²) in [7, 11) is 0. The fraction of sp³-hybridized carbons (Fsp3) is 0.867. The van der Waals surface area contributed by atoms with Gasteiger partial charge in [-0.3, -0.25) is 4.90 Å². The quantitative estimate of drug-likeness (QED) is 0.712. The van der Waals surface area contributed by atoms with Crippen molar-refractivity contribution in [3.8, 4) is 0 Å². The van der Waals surface area contributed by atoms with Crippen LogP contribution < -0.4 is 5.32 Å². The van der Waals surface area contributed by atoms with Crippen LogP contribution in [0.3, 0.4) is 0 Å². The second-order valence-electron chi connectivity index (χ2n) is 6.08. The summed E-state index contributed by atoms with van der Waals surface area (Å²) in [6.45, 7) is 12.6.